The summed E-state index contributed by atoms with van der Waals surface area (Å²) in [5.74, 6) is 0.505. The van der Waals surface area contributed by atoms with Gasteiger partial charge in [-0.3, -0.25) is 23.9 Å². The number of H-pyrrole nitrogens is 1. The summed E-state index contributed by atoms with van der Waals surface area (Å²) < 4.78 is 1.39. The summed E-state index contributed by atoms with van der Waals surface area (Å²) >= 11 is 1.52. The molecule has 0 saturated carbocycles. The van der Waals surface area contributed by atoms with E-state index in [1.54, 1.807) is 29.2 Å². The van der Waals surface area contributed by atoms with Gasteiger partial charge < -0.3 is 10.2 Å². The molecule has 1 fully saturated rings. The van der Waals surface area contributed by atoms with Gasteiger partial charge in [-0.1, -0.05) is 18.2 Å². The predicted molar refractivity (Wildman–Crippen MR) is 126 cm³/mol. The fourth-order valence-electron chi connectivity index (χ4n) is 3.77. The molecule has 1 saturated heterocycles. The molecule has 3 aromatic rings. The van der Waals surface area contributed by atoms with Crippen molar-refractivity contribution in [2.45, 2.75) is 32.9 Å². The molecule has 32 heavy (non-hydrogen) atoms. The number of hydrogen-bond acceptors (Lipinski definition) is 5. The van der Waals surface area contributed by atoms with Crippen LogP contribution >= 0.6 is 11.8 Å². The predicted octanol–water partition coefficient (Wildman–Crippen LogP) is 2.24. The van der Waals surface area contributed by atoms with Gasteiger partial charge in [0.05, 0.1) is 16.8 Å². The average molecular weight is 453 g/mol. The smallest absolute Gasteiger partial charge is 0.324 e. The lowest BCUT2D eigenvalue weighted by molar-refractivity contribution is -0.136. The first-order valence-electron chi connectivity index (χ1n) is 10.3. The standard InChI is InChI=1S/C23H24N4O4S/c1-14-7-8-16(11-15(14)2)24-22(30)19-12-32-13-27(19)20(28)9-10-26-18-6-4-3-5-17(18)21(29)25-23(26)31/h3-8,11,19H,9-10,12-13H2,1-2H3,(H,24,30)(H,25,29,31). The van der Waals surface area contributed by atoms with Crippen molar-refractivity contribution in [1.29, 1.82) is 0 Å². The van der Waals surface area contributed by atoms with Gasteiger partial charge in [0.2, 0.25) is 11.8 Å². The molecule has 166 valence electrons. The Bertz CT molecular complexity index is 1310. The van der Waals surface area contributed by atoms with Crippen LogP contribution in [0.4, 0.5) is 5.69 Å². The Morgan fingerprint density at radius 1 is 1.12 bits per heavy atom. The summed E-state index contributed by atoms with van der Waals surface area (Å²) in [6.45, 7) is 4.10. The zero-order valence-electron chi connectivity index (χ0n) is 17.9. The fraction of sp³-hybridized carbons (Fsp3) is 0.304. The van der Waals surface area contributed by atoms with Crippen LogP contribution in [-0.4, -0.2) is 43.9 Å². The summed E-state index contributed by atoms with van der Waals surface area (Å²) in [5, 5.41) is 3.30. The summed E-state index contributed by atoms with van der Waals surface area (Å²) in [6.07, 6.45) is 0.0456. The highest BCUT2D eigenvalue weighted by molar-refractivity contribution is 7.99. The number of carbonyl (C=O) groups is 2. The van der Waals surface area contributed by atoms with Gasteiger partial charge in [-0.25, -0.2) is 4.79 Å². The first-order valence-corrected chi connectivity index (χ1v) is 11.5. The second kappa shape index (κ2) is 9.04. The normalized spacial score (nSPS) is 15.8. The number of amides is 2. The average Bonchev–Trinajstić information content (AvgIpc) is 3.26. The molecular weight excluding hydrogens is 428 g/mol. The Labute approximate surface area is 188 Å². The molecule has 1 aliphatic heterocycles. The number of rotatable bonds is 5. The van der Waals surface area contributed by atoms with Gasteiger partial charge in [0, 0.05) is 24.4 Å². The van der Waals surface area contributed by atoms with Gasteiger partial charge in [-0.05, 0) is 49.2 Å². The highest BCUT2D eigenvalue weighted by Crippen LogP contribution is 2.24. The molecule has 2 amide bonds. The highest BCUT2D eigenvalue weighted by Gasteiger charge is 2.34. The number of nitrogens with zero attached hydrogens (tertiary/aromatic N) is 2. The number of nitrogens with one attached hydrogen (secondary N) is 2. The molecule has 2 N–H and O–H groups in total. The number of aryl methyl sites for hydroxylation is 3. The van der Waals surface area contributed by atoms with Crippen LogP contribution in [0.1, 0.15) is 17.5 Å². The van der Waals surface area contributed by atoms with Gasteiger partial charge in [0.1, 0.15) is 6.04 Å². The van der Waals surface area contributed by atoms with Crippen molar-refractivity contribution in [3.05, 3.63) is 74.4 Å². The van der Waals surface area contributed by atoms with E-state index >= 15 is 0 Å². The Hall–Kier alpha value is -3.33. The molecule has 0 aliphatic carbocycles. The van der Waals surface area contributed by atoms with Crippen LogP contribution < -0.4 is 16.6 Å². The Morgan fingerprint density at radius 3 is 2.69 bits per heavy atom. The number of hydrogen-bond donors (Lipinski definition) is 2. The molecule has 0 spiro atoms. The SMILES string of the molecule is Cc1ccc(NC(=O)C2CSCN2C(=O)CCn2c(=O)[nH]c(=O)c3ccccc32)cc1C. The van der Waals surface area contributed by atoms with E-state index in [2.05, 4.69) is 10.3 Å². The first kappa shape index (κ1) is 21.9. The Kier molecular flexibility index (Phi) is 6.18. The number of benzene rings is 2. The minimum absolute atomic E-state index is 0.0456. The van der Waals surface area contributed by atoms with Crippen molar-refractivity contribution in [1.82, 2.24) is 14.5 Å². The molecule has 1 aliphatic rings. The van der Waals surface area contributed by atoms with Crippen LogP contribution in [0, 0.1) is 13.8 Å². The molecule has 1 unspecified atom stereocenters. The van der Waals surface area contributed by atoms with Crippen molar-refractivity contribution < 1.29 is 9.59 Å². The van der Waals surface area contributed by atoms with E-state index in [9.17, 15) is 19.2 Å². The van der Waals surface area contributed by atoms with Gasteiger partial charge in [0.25, 0.3) is 5.56 Å². The number of anilines is 1. The molecule has 1 atom stereocenters. The topological polar surface area (TPSA) is 104 Å². The van der Waals surface area contributed by atoms with E-state index in [4.69, 9.17) is 0 Å². The number of para-hydroxylation sites is 1. The van der Waals surface area contributed by atoms with Crippen LogP contribution in [0.15, 0.2) is 52.1 Å². The molecule has 0 radical (unpaired) electrons. The minimum Gasteiger partial charge on any atom is -0.324 e. The molecule has 1 aromatic heterocycles. The number of fused-ring (bicyclic) bond motifs is 1. The van der Waals surface area contributed by atoms with Crippen LogP contribution in [0.3, 0.4) is 0 Å². The molecule has 2 heterocycles. The van der Waals surface area contributed by atoms with Crippen LogP contribution in [0.25, 0.3) is 10.9 Å². The summed E-state index contributed by atoms with van der Waals surface area (Å²) in [6, 6.07) is 11.9. The van der Waals surface area contributed by atoms with Crippen LogP contribution in [-0.2, 0) is 16.1 Å². The molecular formula is C23H24N4O4S. The monoisotopic (exact) mass is 452 g/mol. The van der Waals surface area contributed by atoms with E-state index in [0.29, 0.717) is 28.2 Å². The quantitative estimate of drug-likeness (QED) is 0.618. The van der Waals surface area contributed by atoms with E-state index in [1.165, 1.54) is 16.3 Å². The van der Waals surface area contributed by atoms with Crippen molar-refractivity contribution in [2.75, 3.05) is 16.9 Å². The zero-order chi connectivity index (χ0) is 22.8. The lowest BCUT2D eigenvalue weighted by Crippen LogP contribution is -2.45. The van der Waals surface area contributed by atoms with Crippen molar-refractivity contribution in [2.24, 2.45) is 0 Å². The molecule has 0 bridgehead atoms. The van der Waals surface area contributed by atoms with Crippen molar-refractivity contribution in [3.63, 3.8) is 0 Å². The van der Waals surface area contributed by atoms with Crippen molar-refractivity contribution in [3.8, 4) is 0 Å². The maximum absolute atomic E-state index is 12.9. The number of carbonyl (C=O) groups excluding carboxylic acids is 2. The minimum atomic E-state index is -0.571. The third kappa shape index (κ3) is 4.34. The second-order valence-electron chi connectivity index (χ2n) is 7.85. The van der Waals surface area contributed by atoms with Crippen LogP contribution in [0.5, 0.6) is 0 Å². The number of aromatic nitrogens is 2. The van der Waals surface area contributed by atoms with Gasteiger partial charge in [-0.15, -0.1) is 11.8 Å². The Morgan fingerprint density at radius 2 is 1.91 bits per heavy atom. The Balaban J connectivity index is 1.47. The number of aromatic amines is 1. The van der Waals surface area contributed by atoms with Gasteiger partial charge >= 0.3 is 5.69 Å². The molecule has 4 rings (SSSR count). The number of thioether (sulfide) groups is 1. The summed E-state index contributed by atoms with van der Waals surface area (Å²) in [7, 11) is 0. The molecule has 2 aromatic carbocycles. The summed E-state index contributed by atoms with van der Waals surface area (Å²) in [4.78, 5) is 54.0. The summed E-state index contributed by atoms with van der Waals surface area (Å²) in [5.41, 5.74) is 2.40. The zero-order valence-corrected chi connectivity index (χ0v) is 18.7. The largest absolute Gasteiger partial charge is 0.328 e. The van der Waals surface area contributed by atoms with Gasteiger partial charge in [0.15, 0.2) is 0 Å². The van der Waals surface area contributed by atoms with E-state index in [-0.39, 0.29) is 24.8 Å². The van der Waals surface area contributed by atoms with Crippen molar-refractivity contribution >= 4 is 40.2 Å². The lowest BCUT2D eigenvalue weighted by atomic mass is 10.1. The maximum atomic E-state index is 12.9. The van der Waals surface area contributed by atoms with Gasteiger partial charge in [-0.2, -0.15) is 0 Å². The first-order chi connectivity index (χ1) is 15.3. The van der Waals surface area contributed by atoms with E-state index in [0.717, 1.165) is 11.1 Å². The third-order valence-corrected chi connectivity index (χ3v) is 6.75. The fourth-order valence-corrected chi connectivity index (χ4v) is 4.95. The van der Waals surface area contributed by atoms with Crippen LogP contribution in [0.2, 0.25) is 0 Å². The van der Waals surface area contributed by atoms with E-state index in [1.807, 2.05) is 32.0 Å². The molecule has 9 heteroatoms. The molecule has 8 nitrogen and oxygen atoms in total. The third-order valence-electron chi connectivity index (χ3n) is 5.73. The highest BCUT2D eigenvalue weighted by atomic mass is 32.2. The second-order valence-corrected chi connectivity index (χ2v) is 8.85. The lowest BCUT2D eigenvalue weighted by Gasteiger charge is -2.23. The maximum Gasteiger partial charge on any atom is 0.328 e. The van der Waals surface area contributed by atoms with E-state index < -0.39 is 17.3 Å².